The van der Waals surface area contributed by atoms with Crippen LogP contribution in [-0.4, -0.2) is 18.4 Å². The Labute approximate surface area is 84.8 Å². The van der Waals surface area contributed by atoms with E-state index in [9.17, 15) is 9.59 Å². The molecule has 0 aromatic heterocycles. The summed E-state index contributed by atoms with van der Waals surface area (Å²) in [6.07, 6.45) is 2.36. The first-order valence-corrected chi connectivity index (χ1v) is 5.25. The molecule has 2 atom stereocenters. The summed E-state index contributed by atoms with van der Waals surface area (Å²) >= 11 is 0. The van der Waals surface area contributed by atoms with Crippen molar-refractivity contribution in [3.05, 3.63) is 0 Å². The molecular formula is C11H18O3. The molecule has 0 N–H and O–H groups in total. The van der Waals surface area contributed by atoms with E-state index in [1.54, 1.807) is 0 Å². The van der Waals surface area contributed by atoms with Crippen molar-refractivity contribution in [2.75, 3.05) is 6.61 Å². The molecule has 0 amide bonds. The maximum absolute atomic E-state index is 11.5. The number of esters is 1. The molecule has 1 aliphatic heterocycles. The summed E-state index contributed by atoms with van der Waals surface area (Å²) in [5, 5.41) is 0. The number of carbonyl (C=O) groups excluding carboxylic acids is 2. The van der Waals surface area contributed by atoms with Gasteiger partial charge in [-0.2, -0.15) is 0 Å². The summed E-state index contributed by atoms with van der Waals surface area (Å²) in [6, 6.07) is 0. The fraction of sp³-hybridized carbons (Fsp3) is 0.818. The van der Waals surface area contributed by atoms with E-state index >= 15 is 0 Å². The quantitative estimate of drug-likeness (QED) is 0.559. The maximum Gasteiger partial charge on any atom is 0.305 e. The van der Waals surface area contributed by atoms with Crippen LogP contribution in [0, 0.1) is 11.8 Å². The summed E-state index contributed by atoms with van der Waals surface area (Å²) in [5.74, 6) is 0.637. The van der Waals surface area contributed by atoms with E-state index in [4.69, 9.17) is 4.74 Å². The van der Waals surface area contributed by atoms with Crippen LogP contribution in [0.4, 0.5) is 0 Å². The molecule has 1 saturated heterocycles. The monoisotopic (exact) mass is 198 g/mol. The molecule has 1 heterocycles. The van der Waals surface area contributed by atoms with Gasteiger partial charge >= 0.3 is 5.97 Å². The SMILES string of the molecule is CC1CCC(=O)OCC(C)CC(=O)C1. The van der Waals surface area contributed by atoms with Gasteiger partial charge in [0.2, 0.25) is 0 Å². The smallest absolute Gasteiger partial charge is 0.305 e. The zero-order valence-corrected chi connectivity index (χ0v) is 8.91. The van der Waals surface area contributed by atoms with Crippen LogP contribution in [0.1, 0.15) is 39.5 Å². The van der Waals surface area contributed by atoms with Crippen molar-refractivity contribution in [2.45, 2.75) is 39.5 Å². The van der Waals surface area contributed by atoms with Crippen LogP contribution in [0.15, 0.2) is 0 Å². The zero-order chi connectivity index (χ0) is 10.6. The van der Waals surface area contributed by atoms with Crippen molar-refractivity contribution >= 4 is 11.8 Å². The highest BCUT2D eigenvalue weighted by atomic mass is 16.5. The molecule has 3 heteroatoms. The minimum Gasteiger partial charge on any atom is -0.465 e. The van der Waals surface area contributed by atoms with E-state index in [1.165, 1.54) is 0 Å². The van der Waals surface area contributed by atoms with E-state index < -0.39 is 0 Å². The molecule has 2 unspecified atom stereocenters. The van der Waals surface area contributed by atoms with Gasteiger partial charge in [0.15, 0.2) is 0 Å². The van der Waals surface area contributed by atoms with Crippen molar-refractivity contribution in [3.63, 3.8) is 0 Å². The third-order valence-corrected chi connectivity index (χ3v) is 2.52. The van der Waals surface area contributed by atoms with Gasteiger partial charge in [-0.3, -0.25) is 9.59 Å². The number of hydrogen-bond donors (Lipinski definition) is 0. The minimum absolute atomic E-state index is 0.127. The zero-order valence-electron chi connectivity index (χ0n) is 8.91. The molecule has 1 aliphatic rings. The highest BCUT2D eigenvalue weighted by Gasteiger charge is 2.17. The highest BCUT2D eigenvalue weighted by molar-refractivity contribution is 5.79. The molecule has 0 spiro atoms. The van der Waals surface area contributed by atoms with Gasteiger partial charge in [0.1, 0.15) is 5.78 Å². The van der Waals surface area contributed by atoms with Crippen LogP contribution >= 0.6 is 0 Å². The second-order valence-corrected chi connectivity index (χ2v) is 4.38. The second-order valence-electron chi connectivity index (χ2n) is 4.38. The van der Waals surface area contributed by atoms with Gasteiger partial charge in [-0.1, -0.05) is 13.8 Å². The molecule has 3 nitrogen and oxygen atoms in total. The fourth-order valence-corrected chi connectivity index (χ4v) is 1.69. The molecule has 80 valence electrons. The molecule has 14 heavy (non-hydrogen) atoms. The number of carbonyl (C=O) groups is 2. The van der Waals surface area contributed by atoms with Gasteiger partial charge in [-0.05, 0) is 18.3 Å². The van der Waals surface area contributed by atoms with Gasteiger partial charge in [0, 0.05) is 19.3 Å². The third kappa shape index (κ3) is 3.90. The van der Waals surface area contributed by atoms with Crippen LogP contribution in [-0.2, 0) is 14.3 Å². The summed E-state index contributed by atoms with van der Waals surface area (Å²) in [4.78, 5) is 22.6. The summed E-state index contributed by atoms with van der Waals surface area (Å²) in [7, 11) is 0. The standard InChI is InChI=1S/C11H18O3/c1-8-3-4-11(13)14-7-9(2)6-10(12)5-8/h8-9H,3-7H2,1-2H3. The lowest BCUT2D eigenvalue weighted by atomic mass is 9.94. The van der Waals surface area contributed by atoms with Crippen molar-refractivity contribution in [2.24, 2.45) is 11.8 Å². The van der Waals surface area contributed by atoms with E-state index in [-0.39, 0.29) is 11.9 Å². The van der Waals surface area contributed by atoms with Crippen molar-refractivity contribution in [3.8, 4) is 0 Å². The predicted molar refractivity (Wildman–Crippen MR) is 52.8 cm³/mol. The lowest BCUT2D eigenvalue weighted by molar-refractivity contribution is -0.146. The Morgan fingerprint density at radius 2 is 1.79 bits per heavy atom. The molecule has 1 rings (SSSR count). The molecule has 1 fully saturated rings. The van der Waals surface area contributed by atoms with Gasteiger partial charge < -0.3 is 4.74 Å². The Bertz CT molecular complexity index is 203. The van der Waals surface area contributed by atoms with E-state index in [0.29, 0.717) is 37.6 Å². The first-order chi connectivity index (χ1) is 6.58. The average molecular weight is 198 g/mol. The molecular weight excluding hydrogens is 180 g/mol. The second kappa shape index (κ2) is 5.13. The first kappa shape index (κ1) is 11.2. The Kier molecular flexibility index (Phi) is 4.11. The van der Waals surface area contributed by atoms with Crippen molar-refractivity contribution in [1.82, 2.24) is 0 Å². The molecule has 0 bridgehead atoms. The predicted octanol–water partition coefficient (Wildman–Crippen LogP) is 1.94. The number of cyclic esters (lactones) is 1. The molecule has 0 aromatic carbocycles. The van der Waals surface area contributed by atoms with Crippen LogP contribution in [0.3, 0.4) is 0 Å². The minimum atomic E-state index is -0.127. The Morgan fingerprint density at radius 1 is 1.14 bits per heavy atom. The van der Waals surface area contributed by atoms with Crippen molar-refractivity contribution < 1.29 is 14.3 Å². The molecule has 0 saturated carbocycles. The maximum atomic E-state index is 11.5. The largest absolute Gasteiger partial charge is 0.465 e. The summed E-state index contributed by atoms with van der Waals surface area (Å²) < 4.78 is 5.04. The van der Waals surface area contributed by atoms with Crippen LogP contribution < -0.4 is 0 Å². The van der Waals surface area contributed by atoms with Gasteiger partial charge in [-0.25, -0.2) is 0 Å². The van der Waals surface area contributed by atoms with E-state index in [1.807, 2.05) is 13.8 Å². The number of rotatable bonds is 0. The Hall–Kier alpha value is -0.860. The lowest BCUT2D eigenvalue weighted by Crippen LogP contribution is -2.19. The normalized spacial score (nSPS) is 31.0. The highest BCUT2D eigenvalue weighted by Crippen LogP contribution is 2.17. The lowest BCUT2D eigenvalue weighted by Gasteiger charge is -2.16. The summed E-state index contributed by atoms with van der Waals surface area (Å²) in [5.41, 5.74) is 0. The molecule has 0 aromatic rings. The molecule has 0 aliphatic carbocycles. The van der Waals surface area contributed by atoms with E-state index in [0.717, 1.165) is 6.42 Å². The first-order valence-electron chi connectivity index (χ1n) is 5.25. The number of hydrogen-bond acceptors (Lipinski definition) is 3. The number of ketones is 1. The molecule has 0 radical (unpaired) electrons. The number of ether oxygens (including phenoxy) is 1. The topological polar surface area (TPSA) is 43.4 Å². The van der Waals surface area contributed by atoms with Gasteiger partial charge in [0.05, 0.1) is 6.61 Å². The average Bonchev–Trinajstić information content (AvgIpc) is 2.10. The Balaban J connectivity index is 2.51. The van der Waals surface area contributed by atoms with Crippen LogP contribution in [0.2, 0.25) is 0 Å². The van der Waals surface area contributed by atoms with E-state index in [2.05, 4.69) is 0 Å². The van der Waals surface area contributed by atoms with Crippen LogP contribution in [0.25, 0.3) is 0 Å². The Morgan fingerprint density at radius 3 is 2.50 bits per heavy atom. The third-order valence-electron chi connectivity index (χ3n) is 2.52. The number of Topliss-reactive ketones (excluding diaryl/α,β-unsaturated/α-hetero) is 1. The van der Waals surface area contributed by atoms with Gasteiger partial charge in [0.25, 0.3) is 0 Å². The fourth-order valence-electron chi connectivity index (χ4n) is 1.69. The summed E-state index contributed by atoms with van der Waals surface area (Å²) in [6.45, 7) is 4.34. The van der Waals surface area contributed by atoms with Crippen molar-refractivity contribution in [1.29, 1.82) is 0 Å². The van der Waals surface area contributed by atoms with Crippen LogP contribution in [0.5, 0.6) is 0 Å². The van der Waals surface area contributed by atoms with Gasteiger partial charge in [-0.15, -0.1) is 0 Å².